The molecule has 0 saturated carbocycles. The fraction of sp³-hybridized carbons (Fsp3) is 0.846. The zero-order valence-electron chi connectivity index (χ0n) is 22.3. The van der Waals surface area contributed by atoms with Crippen LogP contribution in [0.4, 0.5) is 0 Å². The van der Waals surface area contributed by atoms with Crippen molar-refractivity contribution in [3.05, 3.63) is 0 Å². The van der Waals surface area contributed by atoms with E-state index in [2.05, 4.69) is 35.1 Å². The number of hydrogen-bond acceptors (Lipinski definition) is 5. The lowest BCUT2D eigenvalue weighted by Crippen LogP contribution is -2.56. The summed E-state index contributed by atoms with van der Waals surface area (Å²) in [7, 11) is 0. The van der Waals surface area contributed by atoms with Gasteiger partial charge in [-0.25, -0.2) is 0 Å². The average molecular weight is 496 g/mol. The minimum Gasteiger partial charge on any atom is -0.351 e. The van der Waals surface area contributed by atoms with Gasteiger partial charge in [0.2, 0.25) is 23.6 Å². The van der Waals surface area contributed by atoms with Crippen molar-refractivity contribution in [2.45, 2.75) is 116 Å². The molecule has 0 radical (unpaired) electrons. The van der Waals surface area contributed by atoms with Gasteiger partial charge in [0, 0.05) is 12.5 Å². The first-order valence-corrected chi connectivity index (χ1v) is 13.5. The van der Waals surface area contributed by atoms with Crippen LogP contribution in [-0.2, 0) is 19.2 Å². The van der Waals surface area contributed by atoms with E-state index in [9.17, 15) is 19.2 Å². The van der Waals surface area contributed by atoms with Crippen LogP contribution < -0.4 is 27.0 Å². The van der Waals surface area contributed by atoms with Gasteiger partial charge in [-0.05, 0) is 37.6 Å². The van der Waals surface area contributed by atoms with E-state index in [1.807, 2.05) is 13.8 Å². The first-order valence-electron chi connectivity index (χ1n) is 13.5. The lowest BCUT2D eigenvalue weighted by Gasteiger charge is -2.27. The molecule has 1 heterocycles. The molecule has 9 nitrogen and oxygen atoms in total. The molecular weight excluding hydrogens is 446 g/mol. The van der Waals surface area contributed by atoms with E-state index in [1.165, 1.54) is 25.7 Å². The Morgan fingerprint density at radius 1 is 0.829 bits per heavy atom. The maximum atomic E-state index is 13.1. The smallest absolute Gasteiger partial charge is 0.243 e. The molecule has 1 rings (SSSR count). The molecule has 1 aliphatic rings. The zero-order chi connectivity index (χ0) is 26.2. The van der Waals surface area contributed by atoms with Crippen molar-refractivity contribution >= 4 is 23.6 Å². The van der Waals surface area contributed by atoms with Crippen molar-refractivity contribution in [3.63, 3.8) is 0 Å². The van der Waals surface area contributed by atoms with Crippen LogP contribution in [0.3, 0.4) is 0 Å². The van der Waals surface area contributed by atoms with Crippen LogP contribution in [0.25, 0.3) is 0 Å². The fourth-order valence-electron chi connectivity index (χ4n) is 4.23. The monoisotopic (exact) mass is 495 g/mol. The van der Waals surface area contributed by atoms with Gasteiger partial charge in [-0.15, -0.1) is 0 Å². The van der Waals surface area contributed by atoms with Gasteiger partial charge in [0.25, 0.3) is 0 Å². The lowest BCUT2D eigenvalue weighted by atomic mass is 9.98. The standard InChI is InChI=1S/C26H49N5O4/c1-5-19(4)12-9-7-6-8-10-13-20-16-22(32)28-17-23(33)30-21(14-11-15-27)25(34)31-24(18(2)3)26(35)29-20/h18-21,24H,5-17,27H2,1-4H3,(H,28,32)(H,29,35)(H,30,33)(H,31,34)/t19?,20?,21-,24-/m0/s1. The Bertz CT molecular complexity index is 670. The number of nitrogens with two attached hydrogens (primary N) is 1. The van der Waals surface area contributed by atoms with Gasteiger partial charge in [0.15, 0.2) is 0 Å². The molecule has 1 saturated heterocycles. The van der Waals surface area contributed by atoms with Crippen LogP contribution in [0.2, 0.25) is 0 Å². The summed E-state index contributed by atoms with van der Waals surface area (Å²) in [6, 6.07) is -1.92. The fourth-order valence-corrected chi connectivity index (χ4v) is 4.23. The van der Waals surface area contributed by atoms with Gasteiger partial charge in [0.05, 0.1) is 6.54 Å². The van der Waals surface area contributed by atoms with E-state index in [0.717, 1.165) is 25.2 Å². The van der Waals surface area contributed by atoms with E-state index in [-0.39, 0.29) is 36.7 Å². The van der Waals surface area contributed by atoms with E-state index in [0.29, 0.717) is 25.8 Å². The summed E-state index contributed by atoms with van der Waals surface area (Å²) in [5.41, 5.74) is 5.57. The highest BCUT2D eigenvalue weighted by atomic mass is 16.2. The van der Waals surface area contributed by atoms with Crippen LogP contribution in [0.5, 0.6) is 0 Å². The summed E-state index contributed by atoms with van der Waals surface area (Å²) in [6.45, 7) is 8.39. The van der Waals surface area contributed by atoms with Gasteiger partial charge >= 0.3 is 0 Å². The third-order valence-corrected chi connectivity index (χ3v) is 6.77. The van der Waals surface area contributed by atoms with Crippen molar-refractivity contribution in [1.82, 2.24) is 21.3 Å². The zero-order valence-corrected chi connectivity index (χ0v) is 22.3. The molecule has 0 aromatic rings. The lowest BCUT2D eigenvalue weighted by molar-refractivity contribution is -0.133. The molecule has 9 heteroatoms. The number of nitrogens with one attached hydrogen (secondary N) is 4. The van der Waals surface area contributed by atoms with Crippen molar-refractivity contribution in [1.29, 1.82) is 0 Å². The van der Waals surface area contributed by atoms with Gasteiger partial charge in [-0.1, -0.05) is 72.6 Å². The number of carbonyl (C=O) groups excluding carboxylic acids is 4. The largest absolute Gasteiger partial charge is 0.351 e. The molecule has 0 bridgehead atoms. The first kappa shape index (κ1) is 30.9. The number of carbonyl (C=O) groups is 4. The Balaban J connectivity index is 2.79. The number of hydrogen-bond donors (Lipinski definition) is 5. The van der Waals surface area contributed by atoms with Gasteiger partial charge in [-0.3, -0.25) is 19.2 Å². The molecule has 0 aliphatic carbocycles. The first-order chi connectivity index (χ1) is 16.7. The molecule has 0 spiro atoms. The van der Waals surface area contributed by atoms with E-state index >= 15 is 0 Å². The second kappa shape index (κ2) is 17.3. The molecule has 202 valence electrons. The van der Waals surface area contributed by atoms with Crippen molar-refractivity contribution in [2.75, 3.05) is 13.1 Å². The minimum absolute atomic E-state index is 0.0996. The number of rotatable bonds is 13. The van der Waals surface area contributed by atoms with Crippen molar-refractivity contribution in [3.8, 4) is 0 Å². The quantitative estimate of drug-likeness (QED) is 0.249. The molecule has 6 N–H and O–H groups in total. The predicted octanol–water partition coefficient (Wildman–Crippen LogP) is 2.13. The van der Waals surface area contributed by atoms with E-state index in [4.69, 9.17) is 5.73 Å². The Hall–Kier alpha value is -2.16. The van der Waals surface area contributed by atoms with E-state index in [1.54, 1.807) is 0 Å². The van der Waals surface area contributed by atoms with Crippen molar-refractivity contribution in [2.24, 2.45) is 17.6 Å². The third kappa shape index (κ3) is 12.9. The maximum absolute atomic E-state index is 13.1. The normalized spacial score (nSPS) is 23.3. The van der Waals surface area contributed by atoms with Crippen LogP contribution in [0.15, 0.2) is 0 Å². The average Bonchev–Trinajstić information content (AvgIpc) is 2.82. The Labute approximate surface area is 211 Å². The highest BCUT2D eigenvalue weighted by Gasteiger charge is 2.30. The third-order valence-electron chi connectivity index (χ3n) is 6.77. The van der Waals surface area contributed by atoms with Crippen LogP contribution in [0, 0.1) is 11.8 Å². The second-order valence-corrected chi connectivity index (χ2v) is 10.3. The topological polar surface area (TPSA) is 142 Å². The number of amides is 4. The summed E-state index contributed by atoms with van der Waals surface area (Å²) in [6.07, 6.45) is 9.68. The Morgan fingerprint density at radius 2 is 1.51 bits per heavy atom. The molecule has 4 amide bonds. The van der Waals surface area contributed by atoms with Gasteiger partial charge < -0.3 is 27.0 Å². The van der Waals surface area contributed by atoms with Gasteiger partial charge in [-0.2, -0.15) is 0 Å². The molecule has 1 fully saturated rings. The van der Waals surface area contributed by atoms with E-state index < -0.39 is 23.9 Å². The highest BCUT2D eigenvalue weighted by Crippen LogP contribution is 2.15. The van der Waals surface area contributed by atoms with Crippen LogP contribution in [-0.4, -0.2) is 54.8 Å². The van der Waals surface area contributed by atoms with Crippen LogP contribution >= 0.6 is 0 Å². The molecule has 0 aromatic carbocycles. The maximum Gasteiger partial charge on any atom is 0.243 e. The molecule has 1 aliphatic heterocycles. The Kier molecular flexibility index (Phi) is 15.3. The van der Waals surface area contributed by atoms with Gasteiger partial charge in [0.1, 0.15) is 12.1 Å². The molecule has 4 atom stereocenters. The Morgan fingerprint density at radius 3 is 2.17 bits per heavy atom. The molecular formula is C26H49N5O4. The summed E-state index contributed by atoms with van der Waals surface area (Å²) in [5, 5.41) is 11.1. The van der Waals surface area contributed by atoms with Crippen LogP contribution in [0.1, 0.15) is 98.3 Å². The van der Waals surface area contributed by atoms with Crippen molar-refractivity contribution < 1.29 is 19.2 Å². The summed E-state index contributed by atoms with van der Waals surface area (Å²) < 4.78 is 0. The minimum atomic E-state index is -0.811. The predicted molar refractivity (Wildman–Crippen MR) is 138 cm³/mol. The summed E-state index contributed by atoms with van der Waals surface area (Å²) in [4.78, 5) is 50.9. The molecule has 0 aromatic heterocycles. The molecule has 2 unspecified atom stereocenters. The SMILES string of the molecule is CCC(C)CCCCCCCC1CC(=O)NCC(=O)N[C@@H](CCCN)C(=O)N[C@@H](C(C)C)C(=O)N1. The number of unbranched alkanes of at least 4 members (excludes halogenated alkanes) is 4. The summed E-state index contributed by atoms with van der Waals surface area (Å²) >= 11 is 0. The second-order valence-electron chi connectivity index (χ2n) is 10.3. The summed E-state index contributed by atoms with van der Waals surface area (Å²) in [5.74, 6) is -0.837. The molecule has 35 heavy (non-hydrogen) atoms. The highest BCUT2D eigenvalue weighted by molar-refractivity contribution is 5.94.